The SMILES string of the molecule is CC(C)CS(=O)(=O)N1CCC(NC(=O)c2cccc(OCC(=O)O)c2)CC1. The number of amides is 1. The molecule has 0 aromatic heterocycles. The molecule has 8 nitrogen and oxygen atoms in total. The monoisotopic (exact) mass is 398 g/mol. The number of hydrogen-bond donors (Lipinski definition) is 2. The third kappa shape index (κ3) is 6.51. The van der Waals surface area contributed by atoms with Crippen LogP contribution in [-0.2, 0) is 14.8 Å². The van der Waals surface area contributed by atoms with E-state index in [0.717, 1.165) is 0 Å². The van der Waals surface area contributed by atoms with Gasteiger partial charge in [-0.3, -0.25) is 4.79 Å². The number of benzene rings is 1. The van der Waals surface area contributed by atoms with E-state index in [2.05, 4.69) is 5.32 Å². The normalized spacial score (nSPS) is 16.3. The molecule has 0 aliphatic carbocycles. The van der Waals surface area contributed by atoms with Crippen LogP contribution in [0, 0.1) is 5.92 Å². The van der Waals surface area contributed by atoms with Gasteiger partial charge in [0.05, 0.1) is 5.75 Å². The second-order valence-electron chi connectivity index (χ2n) is 7.03. The Labute approximate surface area is 159 Å². The van der Waals surface area contributed by atoms with E-state index in [1.54, 1.807) is 18.2 Å². The number of sulfonamides is 1. The lowest BCUT2D eigenvalue weighted by atomic mass is 10.1. The fourth-order valence-electron chi connectivity index (χ4n) is 2.95. The molecule has 1 amide bonds. The van der Waals surface area contributed by atoms with Crippen molar-refractivity contribution >= 4 is 21.9 Å². The molecule has 0 bridgehead atoms. The predicted octanol–water partition coefficient (Wildman–Crippen LogP) is 1.33. The highest BCUT2D eigenvalue weighted by molar-refractivity contribution is 7.89. The maximum Gasteiger partial charge on any atom is 0.341 e. The van der Waals surface area contributed by atoms with Crippen molar-refractivity contribution in [2.45, 2.75) is 32.7 Å². The predicted molar refractivity (Wildman–Crippen MR) is 100 cm³/mol. The van der Waals surface area contributed by atoms with Gasteiger partial charge in [0, 0.05) is 24.7 Å². The van der Waals surface area contributed by atoms with Crippen LogP contribution in [-0.4, -0.2) is 61.2 Å². The lowest BCUT2D eigenvalue weighted by Crippen LogP contribution is -2.47. The van der Waals surface area contributed by atoms with E-state index in [-0.39, 0.29) is 23.6 Å². The molecule has 1 aromatic rings. The molecule has 1 fully saturated rings. The van der Waals surface area contributed by atoms with Gasteiger partial charge in [0.15, 0.2) is 6.61 Å². The molecule has 150 valence electrons. The molecular formula is C18H26N2O6S. The highest BCUT2D eigenvalue weighted by atomic mass is 32.2. The Morgan fingerprint density at radius 2 is 1.96 bits per heavy atom. The number of hydrogen-bond acceptors (Lipinski definition) is 5. The first kappa shape index (κ1) is 21.2. The molecular weight excluding hydrogens is 372 g/mol. The van der Waals surface area contributed by atoms with Gasteiger partial charge in [-0.25, -0.2) is 17.5 Å². The van der Waals surface area contributed by atoms with E-state index in [1.165, 1.54) is 10.4 Å². The molecule has 0 spiro atoms. The minimum Gasteiger partial charge on any atom is -0.482 e. The number of nitrogens with one attached hydrogen (secondary N) is 1. The van der Waals surface area contributed by atoms with Crippen molar-refractivity contribution in [3.63, 3.8) is 0 Å². The molecule has 0 unspecified atom stereocenters. The van der Waals surface area contributed by atoms with E-state index in [1.807, 2.05) is 13.8 Å². The van der Waals surface area contributed by atoms with Crippen molar-refractivity contribution in [2.75, 3.05) is 25.4 Å². The van der Waals surface area contributed by atoms with Gasteiger partial charge < -0.3 is 15.2 Å². The number of carbonyl (C=O) groups excluding carboxylic acids is 1. The molecule has 2 N–H and O–H groups in total. The van der Waals surface area contributed by atoms with E-state index < -0.39 is 22.6 Å². The Balaban J connectivity index is 1.89. The smallest absolute Gasteiger partial charge is 0.341 e. The zero-order valence-electron chi connectivity index (χ0n) is 15.6. The standard InChI is InChI=1S/C18H26N2O6S/c1-13(2)12-27(24,25)20-8-6-15(7-9-20)19-18(23)14-4-3-5-16(10-14)26-11-17(21)22/h3-5,10,13,15H,6-9,11-12H2,1-2H3,(H,19,23)(H,21,22). The lowest BCUT2D eigenvalue weighted by Gasteiger charge is -2.32. The molecule has 0 radical (unpaired) electrons. The lowest BCUT2D eigenvalue weighted by molar-refractivity contribution is -0.139. The van der Waals surface area contributed by atoms with E-state index in [4.69, 9.17) is 9.84 Å². The first-order valence-electron chi connectivity index (χ1n) is 8.90. The van der Waals surface area contributed by atoms with Crippen LogP contribution < -0.4 is 10.1 Å². The van der Waals surface area contributed by atoms with Gasteiger partial charge in [-0.1, -0.05) is 19.9 Å². The maximum absolute atomic E-state index is 12.4. The molecule has 2 rings (SSSR count). The topological polar surface area (TPSA) is 113 Å². The van der Waals surface area contributed by atoms with Crippen LogP contribution in [0.15, 0.2) is 24.3 Å². The quantitative estimate of drug-likeness (QED) is 0.683. The first-order valence-corrected chi connectivity index (χ1v) is 10.5. The average molecular weight is 398 g/mol. The summed E-state index contributed by atoms with van der Waals surface area (Å²) in [6.45, 7) is 4.05. The highest BCUT2D eigenvalue weighted by Crippen LogP contribution is 2.18. The Morgan fingerprint density at radius 1 is 1.30 bits per heavy atom. The van der Waals surface area contributed by atoms with Gasteiger partial charge in [-0.15, -0.1) is 0 Å². The van der Waals surface area contributed by atoms with Crippen LogP contribution in [0.2, 0.25) is 0 Å². The summed E-state index contributed by atoms with van der Waals surface area (Å²) in [6, 6.07) is 6.20. The third-order valence-electron chi connectivity index (χ3n) is 4.19. The molecule has 27 heavy (non-hydrogen) atoms. The minimum absolute atomic E-state index is 0.0723. The minimum atomic E-state index is -3.25. The Hall–Kier alpha value is -2.13. The van der Waals surface area contributed by atoms with Gasteiger partial charge in [-0.05, 0) is 37.0 Å². The van der Waals surface area contributed by atoms with Crippen LogP contribution >= 0.6 is 0 Å². The third-order valence-corrected chi connectivity index (χ3v) is 6.42. The number of rotatable bonds is 8. The molecule has 9 heteroatoms. The Kier molecular flexibility index (Phi) is 7.20. The second-order valence-corrected chi connectivity index (χ2v) is 9.04. The summed E-state index contributed by atoms with van der Waals surface area (Å²) in [6.07, 6.45) is 1.11. The fraction of sp³-hybridized carbons (Fsp3) is 0.556. The average Bonchev–Trinajstić information content (AvgIpc) is 2.59. The summed E-state index contributed by atoms with van der Waals surface area (Å²) in [5.74, 6) is -0.876. The summed E-state index contributed by atoms with van der Waals surface area (Å²) in [5.41, 5.74) is 0.368. The van der Waals surface area contributed by atoms with Crippen molar-refractivity contribution in [3.05, 3.63) is 29.8 Å². The van der Waals surface area contributed by atoms with Crippen molar-refractivity contribution in [2.24, 2.45) is 5.92 Å². The molecule has 1 aromatic carbocycles. The van der Waals surface area contributed by atoms with Gasteiger partial charge in [0.1, 0.15) is 5.75 Å². The van der Waals surface area contributed by atoms with Crippen molar-refractivity contribution in [1.82, 2.24) is 9.62 Å². The van der Waals surface area contributed by atoms with E-state index >= 15 is 0 Å². The molecule has 1 aliphatic heterocycles. The number of piperidine rings is 1. The van der Waals surface area contributed by atoms with Crippen LogP contribution in [0.25, 0.3) is 0 Å². The van der Waals surface area contributed by atoms with Crippen molar-refractivity contribution < 1.29 is 27.9 Å². The number of nitrogens with zero attached hydrogens (tertiary/aromatic N) is 1. The summed E-state index contributed by atoms with van der Waals surface area (Å²) in [5, 5.41) is 11.6. The Bertz CT molecular complexity index is 770. The molecule has 1 saturated heterocycles. The van der Waals surface area contributed by atoms with Gasteiger partial charge in [-0.2, -0.15) is 0 Å². The Morgan fingerprint density at radius 3 is 2.56 bits per heavy atom. The zero-order chi connectivity index (χ0) is 20.0. The van der Waals surface area contributed by atoms with Crippen LogP contribution in [0.4, 0.5) is 0 Å². The fourth-order valence-corrected chi connectivity index (χ4v) is 4.77. The number of carboxylic acids is 1. The van der Waals surface area contributed by atoms with Crippen LogP contribution in [0.1, 0.15) is 37.0 Å². The van der Waals surface area contributed by atoms with Crippen molar-refractivity contribution in [1.29, 1.82) is 0 Å². The molecule has 1 heterocycles. The summed E-state index contributed by atoms with van der Waals surface area (Å²) in [7, 11) is -3.25. The number of carbonyl (C=O) groups is 2. The summed E-state index contributed by atoms with van der Waals surface area (Å²) < 4.78 is 31.1. The van der Waals surface area contributed by atoms with Crippen LogP contribution in [0.5, 0.6) is 5.75 Å². The van der Waals surface area contributed by atoms with Crippen molar-refractivity contribution in [3.8, 4) is 5.75 Å². The largest absolute Gasteiger partial charge is 0.482 e. The van der Waals surface area contributed by atoms with E-state index in [9.17, 15) is 18.0 Å². The van der Waals surface area contributed by atoms with Gasteiger partial charge >= 0.3 is 5.97 Å². The van der Waals surface area contributed by atoms with Crippen LogP contribution in [0.3, 0.4) is 0 Å². The zero-order valence-corrected chi connectivity index (χ0v) is 16.4. The molecule has 1 aliphatic rings. The van der Waals surface area contributed by atoms with Gasteiger partial charge in [0.2, 0.25) is 10.0 Å². The van der Waals surface area contributed by atoms with E-state index in [0.29, 0.717) is 37.2 Å². The number of ether oxygens (including phenoxy) is 1. The van der Waals surface area contributed by atoms with Gasteiger partial charge in [0.25, 0.3) is 5.91 Å². The number of aliphatic carboxylic acids is 1. The first-order chi connectivity index (χ1) is 12.7. The molecule has 0 atom stereocenters. The molecule has 0 saturated carbocycles. The second kappa shape index (κ2) is 9.18. The number of carboxylic acid groups (broad SMARTS) is 1. The summed E-state index contributed by atoms with van der Waals surface area (Å²) in [4.78, 5) is 23.0. The highest BCUT2D eigenvalue weighted by Gasteiger charge is 2.29. The maximum atomic E-state index is 12.4. The summed E-state index contributed by atoms with van der Waals surface area (Å²) >= 11 is 0.